The fraction of sp³-hybridized carbons (Fsp3) is 0.875. The van der Waals surface area contributed by atoms with E-state index in [1.54, 1.807) is 0 Å². The van der Waals surface area contributed by atoms with Gasteiger partial charge in [-0.05, 0) is 64.2 Å². The normalized spacial score (nSPS) is 13.7. The number of rotatable bonds is 44. The van der Waals surface area contributed by atoms with Crippen molar-refractivity contribution >= 4 is 19.8 Å². The van der Waals surface area contributed by atoms with Crippen molar-refractivity contribution in [1.29, 1.82) is 0 Å². The van der Waals surface area contributed by atoms with Crippen LogP contribution < -0.4 is 0 Å². The van der Waals surface area contributed by atoms with Gasteiger partial charge in [-0.25, -0.2) is 4.57 Å². The summed E-state index contributed by atoms with van der Waals surface area (Å²) in [7, 11) is 1.48. The van der Waals surface area contributed by atoms with Crippen LogP contribution in [0.5, 0.6) is 0 Å². The second-order valence-electron chi connectivity index (χ2n) is 17.5. The molecule has 0 fully saturated rings. The molecule has 2 unspecified atom stereocenters. The van der Waals surface area contributed by atoms with Crippen molar-refractivity contribution in [2.75, 3.05) is 47.5 Å². The van der Waals surface area contributed by atoms with Crippen LogP contribution in [0, 0.1) is 0 Å². The highest BCUT2D eigenvalue weighted by atomic mass is 31.2. The smallest absolute Gasteiger partial charge is 0.462 e. The van der Waals surface area contributed by atoms with Gasteiger partial charge in [0, 0.05) is 12.8 Å². The highest BCUT2D eigenvalue weighted by molar-refractivity contribution is 7.47. The third kappa shape index (κ3) is 44.1. The molecular weight excluding hydrogens is 750 g/mol. The summed E-state index contributed by atoms with van der Waals surface area (Å²) in [6, 6.07) is 0. The predicted octanol–water partition coefficient (Wildman–Crippen LogP) is 13.9. The quantitative estimate of drug-likeness (QED) is 0.0212. The zero-order chi connectivity index (χ0) is 42.8. The van der Waals surface area contributed by atoms with Crippen molar-refractivity contribution in [2.24, 2.45) is 0 Å². The van der Waals surface area contributed by atoms with E-state index < -0.39 is 26.5 Å². The molecule has 0 spiro atoms. The Bertz CT molecular complexity index is 1040. The number of hydrogen-bond donors (Lipinski definition) is 1. The van der Waals surface area contributed by atoms with E-state index in [9.17, 15) is 19.0 Å². The van der Waals surface area contributed by atoms with E-state index in [0.29, 0.717) is 17.4 Å². The van der Waals surface area contributed by atoms with Crippen LogP contribution in [0.4, 0.5) is 0 Å². The number of likely N-dealkylation sites (N-methyl/N-ethyl adjacent to an activating group) is 1. The first-order chi connectivity index (χ1) is 28.0. The molecule has 0 saturated carbocycles. The van der Waals surface area contributed by atoms with Crippen LogP contribution in [0.3, 0.4) is 0 Å². The summed E-state index contributed by atoms with van der Waals surface area (Å²) >= 11 is 0. The molecule has 10 heteroatoms. The molecule has 0 aromatic rings. The summed E-state index contributed by atoms with van der Waals surface area (Å²) < 4.78 is 34.4. The Morgan fingerprint density at radius 1 is 0.517 bits per heavy atom. The maximum absolute atomic E-state index is 12.7. The Morgan fingerprint density at radius 2 is 0.879 bits per heavy atom. The first kappa shape index (κ1) is 56.5. The number of ether oxygens (including phenoxy) is 2. The van der Waals surface area contributed by atoms with Crippen LogP contribution in [-0.2, 0) is 32.7 Å². The summed E-state index contributed by atoms with van der Waals surface area (Å²) in [5.41, 5.74) is 0. The lowest BCUT2D eigenvalue weighted by molar-refractivity contribution is -0.870. The number of esters is 2. The molecule has 0 rings (SSSR count). The maximum atomic E-state index is 12.7. The van der Waals surface area contributed by atoms with E-state index in [1.807, 2.05) is 21.1 Å². The van der Waals surface area contributed by atoms with Crippen molar-refractivity contribution in [3.05, 3.63) is 24.3 Å². The van der Waals surface area contributed by atoms with Crippen molar-refractivity contribution in [3.8, 4) is 0 Å². The highest BCUT2D eigenvalue weighted by Crippen LogP contribution is 2.43. The fourth-order valence-electron chi connectivity index (χ4n) is 6.65. The molecule has 0 saturated heterocycles. The molecule has 0 bridgehead atoms. The molecule has 342 valence electrons. The first-order valence-electron chi connectivity index (χ1n) is 24.1. The summed E-state index contributed by atoms with van der Waals surface area (Å²) in [4.78, 5) is 35.5. The van der Waals surface area contributed by atoms with Crippen LogP contribution in [0.2, 0.25) is 0 Å². The number of nitrogens with zero attached hydrogens (tertiary/aromatic N) is 1. The average Bonchev–Trinajstić information content (AvgIpc) is 3.17. The summed E-state index contributed by atoms with van der Waals surface area (Å²) in [5, 5.41) is 0. The third-order valence-electron chi connectivity index (χ3n) is 10.5. The lowest BCUT2D eigenvalue weighted by Crippen LogP contribution is -2.37. The lowest BCUT2D eigenvalue weighted by atomic mass is 10.1. The van der Waals surface area contributed by atoms with Crippen molar-refractivity contribution in [2.45, 2.75) is 225 Å². The number of hydrogen-bond acceptors (Lipinski definition) is 7. The number of quaternary nitrogens is 1. The van der Waals surface area contributed by atoms with Crippen LogP contribution in [0.25, 0.3) is 0 Å². The second-order valence-corrected chi connectivity index (χ2v) is 18.9. The topological polar surface area (TPSA) is 108 Å². The summed E-state index contributed by atoms with van der Waals surface area (Å²) in [6.45, 7) is 4.43. The average molecular weight is 843 g/mol. The van der Waals surface area contributed by atoms with Crippen molar-refractivity contribution in [3.63, 3.8) is 0 Å². The molecule has 9 nitrogen and oxygen atoms in total. The van der Waals surface area contributed by atoms with Crippen LogP contribution in [-0.4, -0.2) is 74.9 Å². The molecule has 0 aromatic carbocycles. The Morgan fingerprint density at radius 3 is 1.28 bits per heavy atom. The number of carbonyl (C=O) groups excluding carboxylic acids is 2. The maximum Gasteiger partial charge on any atom is 0.472 e. The van der Waals surface area contributed by atoms with E-state index in [0.717, 1.165) is 44.9 Å². The third-order valence-corrected chi connectivity index (χ3v) is 11.4. The van der Waals surface area contributed by atoms with Crippen molar-refractivity contribution in [1.82, 2.24) is 0 Å². The number of phosphoric acid groups is 1. The van der Waals surface area contributed by atoms with E-state index in [2.05, 4.69) is 38.2 Å². The monoisotopic (exact) mass is 843 g/mol. The zero-order valence-electron chi connectivity index (χ0n) is 38.5. The molecule has 58 heavy (non-hydrogen) atoms. The number of carbonyl (C=O) groups is 2. The van der Waals surface area contributed by atoms with Gasteiger partial charge < -0.3 is 18.9 Å². The highest BCUT2D eigenvalue weighted by Gasteiger charge is 2.27. The Labute approximate surface area is 358 Å². The van der Waals surface area contributed by atoms with E-state index >= 15 is 0 Å². The minimum absolute atomic E-state index is 0.0315. The van der Waals surface area contributed by atoms with Gasteiger partial charge in [-0.1, -0.05) is 167 Å². The van der Waals surface area contributed by atoms with Gasteiger partial charge in [-0.2, -0.15) is 0 Å². The zero-order valence-corrected chi connectivity index (χ0v) is 39.4. The number of unbranched alkanes of at least 4 members (excludes halogenated alkanes) is 26. The standard InChI is InChI=1S/C48H92NO8P/c1-6-8-10-12-14-16-18-20-22-24-26-28-30-32-34-36-38-40-47(50)54-44-46(45-56-58(52,53)55-43-42-49(3,4)5)57-48(51)41-39-37-35-33-31-29-27-25-23-21-19-17-15-13-11-9-7-2/h20-23,46H,6-19,24-45H2,1-5H3/p+1. The van der Waals surface area contributed by atoms with Crippen molar-refractivity contribution < 1.29 is 42.1 Å². The molecule has 0 aliphatic heterocycles. The molecule has 2 atom stereocenters. The second kappa shape index (κ2) is 40.9. The molecule has 0 amide bonds. The number of allylic oxidation sites excluding steroid dienone is 4. The minimum Gasteiger partial charge on any atom is -0.462 e. The molecule has 0 aliphatic rings. The first-order valence-corrected chi connectivity index (χ1v) is 25.6. The molecule has 0 aromatic heterocycles. The van der Waals surface area contributed by atoms with Gasteiger partial charge in [0.1, 0.15) is 19.8 Å². The fourth-order valence-corrected chi connectivity index (χ4v) is 7.39. The molecular formula is C48H93NO8P+. The predicted molar refractivity (Wildman–Crippen MR) is 243 cm³/mol. The van der Waals surface area contributed by atoms with Crippen LogP contribution in [0.15, 0.2) is 24.3 Å². The van der Waals surface area contributed by atoms with Gasteiger partial charge in [-0.15, -0.1) is 0 Å². The van der Waals surface area contributed by atoms with Gasteiger partial charge in [0.25, 0.3) is 0 Å². The molecule has 0 radical (unpaired) electrons. The molecule has 0 heterocycles. The lowest BCUT2D eigenvalue weighted by Gasteiger charge is -2.24. The van der Waals surface area contributed by atoms with E-state index in [4.69, 9.17) is 18.5 Å². The summed E-state index contributed by atoms with van der Waals surface area (Å²) in [6.07, 6.45) is 45.0. The van der Waals surface area contributed by atoms with E-state index in [-0.39, 0.29) is 32.0 Å². The molecule has 1 N–H and O–H groups in total. The Hall–Kier alpha value is -1.51. The van der Waals surface area contributed by atoms with Gasteiger partial charge in [0.2, 0.25) is 0 Å². The van der Waals surface area contributed by atoms with Gasteiger partial charge >= 0.3 is 19.8 Å². The van der Waals surface area contributed by atoms with Crippen LogP contribution in [0.1, 0.15) is 219 Å². The minimum atomic E-state index is -4.38. The van der Waals surface area contributed by atoms with Gasteiger partial charge in [-0.3, -0.25) is 18.6 Å². The number of phosphoric ester groups is 1. The van der Waals surface area contributed by atoms with Crippen LogP contribution >= 0.6 is 7.82 Å². The Balaban J connectivity index is 4.30. The largest absolute Gasteiger partial charge is 0.472 e. The summed E-state index contributed by atoms with van der Waals surface area (Å²) in [5.74, 6) is -0.801. The van der Waals surface area contributed by atoms with E-state index in [1.165, 1.54) is 141 Å². The Kier molecular flexibility index (Phi) is 39.8. The molecule has 0 aliphatic carbocycles. The SMILES string of the molecule is CCCCCCCCC=CCCCCCCCCCC(=O)OCC(COP(=O)(O)OCC[N+](C)(C)C)OC(=O)CCCCCCCCCC=CCCCCCCCC. The van der Waals surface area contributed by atoms with Gasteiger partial charge in [0.05, 0.1) is 27.7 Å². The van der Waals surface area contributed by atoms with Gasteiger partial charge in [0.15, 0.2) is 6.10 Å².